The molecule has 2 N–H and O–H groups in total. The van der Waals surface area contributed by atoms with E-state index < -0.39 is 5.91 Å². The highest BCUT2D eigenvalue weighted by atomic mass is 79.9. The van der Waals surface area contributed by atoms with E-state index in [2.05, 4.69) is 15.9 Å². The van der Waals surface area contributed by atoms with Gasteiger partial charge >= 0.3 is 6.03 Å². The van der Waals surface area contributed by atoms with E-state index in [1.54, 1.807) is 31.8 Å². The molecule has 0 bridgehead atoms. The minimum atomic E-state index is -0.412. The van der Waals surface area contributed by atoms with Crippen molar-refractivity contribution >= 4 is 39.9 Å². The zero-order valence-electron chi connectivity index (χ0n) is 15.9. The molecule has 1 aliphatic rings. The molecule has 0 radical (unpaired) electrons. The summed E-state index contributed by atoms with van der Waals surface area (Å²) in [6.07, 6.45) is 4.75. The maximum absolute atomic E-state index is 12.7. The largest absolute Gasteiger partial charge is 0.496 e. The summed E-state index contributed by atoms with van der Waals surface area (Å²) in [7, 11) is 3.12. The number of ether oxygens (including phenoxy) is 1. The van der Waals surface area contributed by atoms with Gasteiger partial charge in [0.15, 0.2) is 0 Å². The fourth-order valence-corrected chi connectivity index (χ4v) is 3.26. The SMILES string of the molecule is COc1cc(Br)ccc1/C=C1/C(=O)N(CCCCCCC(=O)NO)C(=O)N1C. The molecule has 1 fully saturated rings. The maximum atomic E-state index is 12.7. The van der Waals surface area contributed by atoms with Crippen molar-refractivity contribution in [3.8, 4) is 5.75 Å². The van der Waals surface area contributed by atoms with Crippen LogP contribution in [0, 0.1) is 0 Å². The first-order valence-electron chi connectivity index (χ1n) is 8.96. The predicted octanol–water partition coefficient (Wildman–Crippen LogP) is 3.15. The Kier molecular flexibility index (Phi) is 8.01. The van der Waals surface area contributed by atoms with Crippen LogP contribution in [0.15, 0.2) is 28.4 Å². The number of carbonyl (C=O) groups is 3. The summed E-state index contributed by atoms with van der Waals surface area (Å²) in [5.74, 6) is -0.150. The second-order valence-electron chi connectivity index (χ2n) is 6.41. The number of methoxy groups -OCH3 is 1. The molecule has 0 atom stereocenters. The van der Waals surface area contributed by atoms with Crippen molar-refractivity contribution in [2.45, 2.75) is 32.1 Å². The van der Waals surface area contributed by atoms with Gasteiger partial charge in [-0.1, -0.05) is 34.8 Å². The zero-order chi connectivity index (χ0) is 20.7. The number of nitrogens with one attached hydrogen (secondary N) is 1. The van der Waals surface area contributed by atoms with E-state index in [1.807, 2.05) is 12.1 Å². The Bertz CT molecular complexity index is 781. The Morgan fingerprint density at radius 2 is 1.96 bits per heavy atom. The molecule has 9 heteroatoms. The molecule has 152 valence electrons. The number of rotatable bonds is 9. The third-order valence-electron chi connectivity index (χ3n) is 4.49. The van der Waals surface area contributed by atoms with Crippen LogP contribution in [0.25, 0.3) is 6.08 Å². The molecule has 0 aromatic heterocycles. The average Bonchev–Trinajstić information content (AvgIpc) is 2.89. The molecule has 0 unspecified atom stereocenters. The zero-order valence-corrected chi connectivity index (χ0v) is 17.5. The Hall–Kier alpha value is -2.39. The highest BCUT2D eigenvalue weighted by molar-refractivity contribution is 9.10. The molecule has 8 nitrogen and oxygen atoms in total. The van der Waals surface area contributed by atoms with Crippen molar-refractivity contribution in [1.29, 1.82) is 0 Å². The second kappa shape index (κ2) is 10.2. The van der Waals surface area contributed by atoms with Gasteiger partial charge in [0.25, 0.3) is 5.91 Å². The van der Waals surface area contributed by atoms with E-state index >= 15 is 0 Å². The lowest BCUT2D eigenvalue weighted by atomic mass is 10.1. The number of nitrogens with zero attached hydrogens (tertiary/aromatic N) is 2. The van der Waals surface area contributed by atoms with E-state index in [9.17, 15) is 14.4 Å². The first kappa shape index (κ1) is 21.9. The van der Waals surface area contributed by atoms with Crippen molar-refractivity contribution in [1.82, 2.24) is 15.3 Å². The topological polar surface area (TPSA) is 99.2 Å². The summed E-state index contributed by atoms with van der Waals surface area (Å²) >= 11 is 3.38. The molecule has 1 aromatic rings. The van der Waals surface area contributed by atoms with Gasteiger partial charge in [0.05, 0.1) is 7.11 Å². The number of amides is 4. The monoisotopic (exact) mass is 453 g/mol. The number of hydrogen-bond donors (Lipinski definition) is 2. The van der Waals surface area contributed by atoms with Crippen LogP contribution in [-0.2, 0) is 9.59 Å². The van der Waals surface area contributed by atoms with Crippen LogP contribution in [0.3, 0.4) is 0 Å². The predicted molar refractivity (Wildman–Crippen MR) is 107 cm³/mol. The third kappa shape index (κ3) is 5.32. The second-order valence-corrected chi connectivity index (χ2v) is 7.33. The van der Waals surface area contributed by atoms with Crippen LogP contribution in [0.4, 0.5) is 4.79 Å². The van der Waals surface area contributed by atoms with E-state index in [-0.39, 0.29) is 18.4 Å². The highest BCUT2D eigenvalue weighted by Crippen LogP contribution is 2.28. The minimum Gasteiger partial charge on any atom is -0.496 e. The molecule has 0 spiro atoms. The smallest absolute Gasteiger partial charge is 0.331 e. The number of halogens is 1. The van der Waals surface area contributed by atoms with E-state index in [4.69, 9.17) is 9.94 Å². The number of hydroxylamine groups is 1. The molecular formula is C19H24BrN3O5. The average molecular weight is 454 g/mol. The first-order valence-corrected chi connectivity index (χ1v) is 9.76. The van der Waals surface area contributed by atoms with Crippen molar-refractivity contribution in [3.63, 3.8) is 0 Å². The number of likely N-dealkylation sites (N-methyl/N-ethyl adjacent to an activating group) is 1. The van der Waals surface area contributed by atoms with Crippen LogP contribution in [0.5, 0.6) is 5.75 Å². The molecular weight excluding hydrogens is 430 g/mol. The molecule has 1 saturated heterocycles. The molecule has 0 aliphatic carbocycles. The first-order chi connectivity index (χ1) is 13.4. The molecule has 1 aromatic carbocycles. The van der Waals surface area contributed by atoms with Gasteiger partial charge in [-0.05, 0) is 31.1 Å². The van der Waals surface area contributed by atoms with Crippen molar-refractivity contribution in [2.24, 2.45) is 0 Å². The lowest BCUT2D eigenvalue weighted by Gasteiger charge is -2.12. The lowest BCUT2D eigenvalue weighted by molar-refractivity contribution is -0.129. The van der Waals surface area contributed by atoms with Gasteiger partial charge in [-0.2, -0.15) is 0 Å². The van der Waals surface area contributed by atoms with Crippen LogP contribution in [0.1, 0.15) is 37.7 Å². The van der Waals surface area contributed by atoms with Gasteiger partial charge in [0.1, 0.15) is 11.4 Å². The number of carbonyl (C=O) groups excluding carboxylic acids is 3. The van der Waals surface area contributed by atoms with Gasteiger partial charge in [-0.25, -0.2) is 10.3 Å². The standard InChI is InChI=1S/C19H24BrN3O5/c1-22-15(11-13-8-9-14(20)12-16(13)28-2)18(25)23(19(22)26)10-6-4-3-5-7-17(24)21-27/h8-9,11-12,27H,3-7,10H2,1-2H3,(H,21,24)/b15-11-. The third-order valence-corrected chi connectivity index (χ3v) is 4.98. The molecule has 4 amide bonds. The van der Waals surface area contributed by atoms with Gasteiger partial charge < -0.3 is 4.74 Å². The van der Waals surface area contributed by atoms with E-state index in [1.165, 1.54) is 9.80 Å². The van der Waals surface area contributed by atoms with Crippen molar-refractivity contribution < 1.29 is 24.3 Å². The molecule has 1 heterocycles. The van der Waals surface area contributed by atoms with Crippen LogP contribution in [0.2, 0.25) is 0 Å². The lowest BCUT2D eigenvalue weighted by Crippen LogP contribution is -2.32. The van der Waals surface area contributed by atoms with Crippen molar-refractivity contribution in [2.75, 3.05) is 20.7 Å². The Labute approximate surface area is 172 Å². The molecule has 28 heavy (non-hydrogen) atoms. The molecule has 2 rings (SSSR count). The quantitative estimate of drug-likeness (QED) is 0.196. The van der Waals surface area contributed by atoms with Crippen molar-refractivity contribution in [3.05, 3.63) is 33.9 Å². The molecule has 0 saturated carbocycles. The number of imide groups is 1. The Morgan fingerprint density at radius 1 is 1.25 bits per heavy atom. The number of benzene rings is 1. The summed E-state index contributed by atoms with van der Waals surface area (Å²) in [6, 6.07) is 5.09. The maximum Gasteiger partial charge on any atom is 0.331 e. The Morgan fingerprint density at radius 3 is 2.64 bits per heavy atom. The summed E-state index contributed by atoms with van der Waals surface area (Å²) in [4.78, 5) is 38.7. The summed E-state index contributed by atoms with van der Waals surface area (Å²) < 4.78 is 6.19. The fourth-order valence-electron chi connectivity index (χ4n) is 2.92. The molecule has 1 aliphatic heterocycles. The van der Waals surface area contributed by atoms with E-state index in [0.29, 0.717) is 36.4 Å². The summed E-state index contributed by atoms with van der Waals surface area (Å²) in [5, 5.41) is 8.44. The van der Waals surface area contributed by atoms with Crippen LogP contribution < -0.4 is 10.2 Å². The van der Waals surface area contributed by atoms with Gasteiger partial charge in [0.2, 0.25) is 5.91 Å². The highest BCUT2D eigenvalue weighted by Gasteiger charge is 2.38. The number of unbranched alkanes of at least 4 members (excludes halogenated alkanes) is 3. The summed E-state index contributed by atoms with van der Waals surface area (Å²) in [6.45, 7) is 0.322. The Balaban J connectivity index is 1.98. The number of hydrogen-bond acceptors (Lipinski definition) is 5. The van der Waals surface area contributed by atoms with Gasteiger partial charge in [-0.3, -0.25) is 24.6 Å². The summed E-state index contributed by atoms with van der Waals surface area (Å²) in [5.41, 5.74) is 2.60. The van der Waals surface area contributed by atoms with Gasteiger partial charge in [-0.15, -0.1) is 0 Å². The fraction of sp³-hybridized carbons (Fsp3) is 0.421. The number of urea groups is 1. The van der Waals surface area contributed by atoms with Crippen LogP contribution in [-0.4, -0.2) is 53.6 Å². The minimum absolute atomic E-state index is 0.253. The normalized spacial score (nSPS) is 15.5. The van der Waals surface area contributed by atoms with E-state index in [0.717, 1.165) is 17.3 Å². The van der Waals surface area contributed by atoms with Crippen LogP contribution >= 0.6 is 15.9 Å². The van der Waals surface area contributed by atoms with Gasteiger partial charge in [0, 0.05) is 30.0 Å².